The van der Waals surface area contributed by atoms with Crippen LogP contribution in [-0.2, 0) is 0 Å². The number of nitrogens with zero attached hydrogens (tertiary/aromatic N) is 2. The van der Waals surface area contributed by atoms with Gasteiger partial charge in [0.2, 0.25) is 0 Å². The maximum atomic E-state index is 10.1. The topological polar surface area (TPSA) is 26.7 Å². The molecule has 2 saturated heterocycles. The maximum Gasteiger partial charge on any atom is 0.0922 e. The van der Waals surface area contributed by atoms with Crippen molar-refractivity contribution in [2.24, 2.45) is 5.92 Å². The highest BCUT2D eigenvalue weighted by Crippen LogP contribution is 2.28. The number of hydrogen-bond acceptors (Lipinski definition) is 3. The van der Waals surface area contributed by atoms with E-state index in [0.717, 1.165) is 19.6 Å². The second-order valence-electron chi connectivity index (χ2n) is 5.87. The Morgan fingerprint density at radius 3 is 2.19 bits per heavy atom. The van der Waals surface area contributed by atoms with E-state index in [9.17, 15) is 5.11 Å². The van der Waals surface area contributed by atoms with Crippen LogP contribution in [-0.4, -0.2) is 59.8 Å². The molecule has 0 bridgehead atoms. The number of hydrogen-bond donors (Lipinski definition) is 1. The molecule has 0 amide bonds. The standard InChI is InChI=1S/C13H26N2O/c1-12(2)13(16)10-15(11-13)9-5-8-14-6-3-4-7-14/h12,16H,3-11H2,1-2H3. The van der Waals surface area contributed by atoms with Gasteiger partial charge in [-0.1, -0.05) is 13.8 Å². The van der Waals surface area contributed by atoms with Gasteiger partial charge in [-0.3, -0.25) is 4.90 Å². The van der Waals surface area contributed by atoms with E-state index in [0.29, 0.717) is 5.92 Å². The third kappa shape index (κ3) is 2.76. The van der Waals surface area contributed by atoms with Crippen LogP contribution in [0, 0.1) is 5.92 Å². The van der Waals surface area contributed by atoms with Gasteiger partial charge in [-0.25, -0.2) is 0 Å². The summed E-state index contributed by atoms with van der Waals surface area (Å²) in [5.74, 6) is 0.391. The summed E-state index contributed by atoms with van der Waals surface area (Å²) in [6.07, 6.45) is 4.03. The van der Waals surface area contributed by atoms with E-state index in [1.54, 1.807) is 0 Å². The number of aliphatic hydroxyl groups is 1. The molecule has 0 aromatic heterocycles. The third-order valence-electron chi connectivity index (χ3n) is 4.22. The lowest BCUT2D eigenvalue weighted by Gasteiger charge is -2.49. The summed E-state index contributed by atoms with van der Waals surface area (Å²) in [7, 11) is 0. The molecule has 2 heterocycles. The van der Waals surface area contributed by atoms with Crippen LogP contribution in [0.4, 0.5) is 0 Å². The lowest BCUT2D eigenvalue weighted by atomic mass is 9.83. The van der Waals surface area contributed by atoms with Gasteiger partial charge in [0.1, 0.15) is 0 Å². The minimum atomic E-state index is -0.395. The van der Waals surface area contributed by atoms with Gasteiger partial charge in [0.05, 0.1) is 5.60 Å². The predicted octanol–water partition coefficient (Wildman–Crippen LogP) is 1.17. The molecule has 0 spiro atoms. The van der Waals surface area contributed by atoms with Crippen molar-refractivity contribution in [2.45, 2.75) is 38.7 Å². The normalized spacial score (nSPS) is 26.2. The van der Waals surface area contributed by atoms with E-state index < -0.39 is 5.60 Å². The molecule has 0 aliphatic carbocycles. The molecule has 2 aliphatic heterocycles. The molecular weight excluding hydrogens is 200 g/mol. The highest BCUT2D eigenvalue weighted by atomic mass is 16.3. The molecule has 0 aromatic carbocycles. The summed E-state index contributed by atoms with van der Waals surface area (Å²) in [5, 5.41) is 10.1. The van der Waals surface area contributed by atoms with Crippen molar-refractivity contribution < 1.29 is 5.11 Å². The monoisotopic (exact) mass is 226 g/mol. The Morgan fingerprint density at radius 2 is 1.62 bits per heavy atom. The van der Waals surface area contributed by atoms with Gasteiger partial charge in [0.15, 0.2) is 0 Å². The fourth-order valence-electron chi connectivity index (χ4n) is 2.78. The van der Waals surface area contributed by atoms with Gasteiger partial charge in [0, 0.05) is 13.1 Å². The van der Waals surface area contributed by atoms with Crippen LogP contribution in [0.1, 0.15) is 33.1 Å². The Balaban J connectivity index is 1.56. The molecule has 1 N–H and O–H groups in total. The molecule has 2 fully saturated rings. The van der Waals surface area contributed by atoms with Crippen molar-refractivity contribution in [1.82, 2.24) is 9.80 Å². The molecule has 3 heteroatoms. The smallest absolute Gasteiger partial charge is 0.0922 e. The van der Waals surface area contributed by atoms with Crippen LogP contribution in [0.5, 0.6) is 0 Å². The number of β-amino-alcohol motifs (C(OH)–C–C–N with tert-alkyl or cyclic N) is 1. The van der Waals surface area contributed by atoms with Crippen LogP contribution in [0.2, 0.25) is 0 Å². The second-order valence-corrected chi connectivity index (χ2v) is 5.87. The van der Waals surface area contributed by atoms with Crippen LogP contribution in [0.25, 0.3) is 0 Å². The average Bonchev–Trinajstić information content (AvgIpc) is 2.67. The summed E-state index contributed by atoms with van der Waals surface area (Å²) in [6.45, 7) is 11.0. The van der Waals surface area contributed by atoms with Crippen LogP contribution in [0.3, 0.4) is 0 Å². The van der Waals surface area contributed by atoms with Gasteiger partial charge >= 0.3 is 0 Å². The van der Waals surface area contributed by atoms with Crippen molar-refractivity contribution >= 4 is 0 Å². The molecule has 0 atom stereocenters. The van der Waals surface area contributed by atoms with Crippen molar-refractivity contribution in [3.8, 4) is 0 Å². The first-order valence-corrected chi connectivity index (χ1v) is 6.77. The Bertz CT molecular complexity index is 218. The summed E-state index contributed by atoms with van der Waals surface area (Å²) in [6, 6.07) is 0. The lowest BCUT2D eigenvalue weighted by molar-refractivity contribution is -0.127. The van der Waals surface area contributed by atoms with E-state index in [-0.39, 0.29) is 0 Å². The molecule has 94 valence electrons. The molecule has 0 unspecified atom stereocenters. The Kier molecular flexibility index (Phi) is 3.88. The van der Waals surface area contributed by atoms with Gasteiger partial charge in [-0.05, 0) is 51.4 Å². The van der Waals surface area contributed by atoms with Crippen molar-refractivity contribution in [3.63, 3.8) is 0 Å². The summed E-state index contributed by atoms with van der Waals surface area (Å²) in [4.78, 5) is 4.95. The minimum Gasteiger partial charge on any atom is -0.387 e. The maximum absolute atomic E-state index is 10.1. The Labute approximate surface area is 99.4 Å². The third-order valence-corrected chi connectivity index (χ3v) is 4.22. The average molecular weight is 226 g/mol. The number of likely N-dealkylation sites (tertiary alicyclic amines) is 2. The highest BCUT2D eigenvalue weighted by Gasteiger charge is 2.42. The Hall–Kier alpha value is -0.120. The molecule has 3 nitrogen and oxygen atoms in total. The van der Waals surface area contributed by atoms with Crippen molar-refractivity contribution in [3.05, 3.63) is 0 Å². The van der Waals surface area contributed by atoms with Crippen LogP contribution < -0.4 is 0 Å². The van der Waals surface area contributed by atoms with E-state index in [1.807, 2.05) is 0 Å². The number of rotatable bonds is 5. The van der Waals surface area contributed by atoms with Crippen molar-refractivity contribution in [2.75, 3.05) is 39.3 Å². The quantitative estimate of drug-likeness (QED) is 0.762. The zero-order valence-corrected chi connectivity index (χ0v) is 10.8. The Morgan fingerprint density at radius 1 is 1.06 bits per heavy atom. The molecule has 0 aromatic rings. The SMILES string of the molecule is CC(C)C1(O)CN(CCCN2CCCC2)C1. The van der Waals surface area contributed by atoms with Gasteiger partial charge in [-0.15, -0.1) is 0 Å². The predicted molar refractivity (Wildman–Crippen MR) is 66.5 cm³/mol. The fraction of sp³-hybridized carbons (Fsp3) is 1.00. The molecule has 0 radical (unpaired) electrons. The van der Waals surface area contributed by atoms with Crippen LogP contribution >= 0.6 is 0 Å². The lowest BCUT2D eigenvalue weighted by Crippen LogP contribution is -2.64. The molecular formula is C13H26N2O. The molecule has 2 aliphatic rings. The van der Waals surface area contributed by atoms with E-state index in [4.69, 9.17) is 0 Å². The largest absolute Gasteiger partial charge is 0.387 e. The first-order chi connectivity index (χ1) is 7.60. The van der Waals surface area contributed by atoms with E-state index in [1.165, 1.54) is 38.9 Å². The van der Waals surface area contributed by atoms with Gasteiger partial charge in [-0.2, -0.15) is 0 Å². The fourth-order valence-corrected chi connectivity index (χ4v) is 2.78. The van der Waals surface area contributed by atoms with E-state index in [2.05, 4.69) is 23.6 Å². The summed E-state index contributed by atoms with van der Waals surface area (Å²) < 4.78 is 0. The van der Waals surface area contributed by atoms with Gasteiger partial charge in [0.25, 0.3) is 0 Å². The van der Waals surface area contributed by atoms with Crippen LogP contribution in [0.15, 0.2) is 0 Å². The highest BCUT2D eigenvalue weighted by molar-refractivity contribution is 4.97. The second kappa shape index (κ2) is 5.03. The molecule has 2 rings (SSSR count). The molecule has 16 heavy (non-hydrogen) atoms. The molecule has 0 saturated carbocycles. The van der Waals surface area contributed by atoms with Crippen molar-refractivity contribution in [1.29, 1.82) is 0 Å². The summed E-state index contributed by atoms with van der Waals surface area (Å²) >= 11 is 0. The van der Waals surface area contributed by atoms with E-state index >= 15 is 0 Å². The minimum absolute atomic E-state index is 0.391. The first kappa shape index (κ1) is 12.3. The summed E-state index contributed by atoms with van der Waals surface area (Å²) in [5.41, 5.74) is -0.395. The zero-order chi connectivity index (χ0) is 11.6. The van der Waals surface area contributed by atoms with Gasteiger partial charge < -0.3 is 10.0 Å². The zero-order valence-electron chi connectivity index (χ0n) is 10.8. The first-order valence-electron chi connectivity index (χ1n) is 6.77.